The zero-order valence-electron chi connectivity index (χ0n) is 14.6. The number of amides is 1. The van der Waals surface area contributed by atoms with E-state index in [9.17, 15) is 4.79 Å². The Morgan fingerprint density at radius 3 is 2.46 bits per heavy atom. The largest absolute Gasteiger partial charge is 0.352 e. The summed E-state index contributed by atoms with van der Waals surface area (Å²) in [5.74, 6) is 1.08. The summed E-state index contributed by atoms with van der Waals surface area (Å²) < 4.78 is 0. The molecule has 1 saturated carbocycles. The number of nitrogens with zero attached hydrogens (tertiary/aromatic N) is 1. The van der Waals surface area contributed by atoms with Crippen LogP contribution in [0.25, 0.3) is 0 Å². The zero-order chi connectivity index (χ0) is 16.8. The van der Waals surface area contributed by atoms with E-state index < -0.39 is 0 Å². The Hall–Kier alpha value is -1.39. The van der Waals surface area contributed by atoms with Gasteiger partial charge in [0, 0.05) is 25.0 Å². The maximum atomic E-state index is 12.4. The molecule has 132 valence electrons. The third kappa shape index (κ3) is 4.58. The second kappa shape index (κ2) is 8.63. The van der Waals surface area contributed by atoms with Gasteiger partial charge in [0.15, 0.2) is 0 Å². The lowest BCUT2D eigenvalue weighted by molar-refractivity contribution is -0.122. The average Bonchev–Trinajstić information content (AvgIpc) is 2.83. The number of hydrogen-bond donors (Lipinski definition) is 2. The van der Waals surface area contributed by atoms with Crippen molar-refractivity contribution >= 4 is 5.91 Å². The second-order valence-electron chi connectivity index (χ2n) is 7.46. The molecule has 4 nitrogen and oxygen atoms in total. The van der Waals surface area contributed by atoms with Gasteiger partial charge in [-0.2, -0.15) is 0 Å². The Morgan fingerprint density at radius 2 is 1.79 bits per heavy atom. The molecular formula is C20H31N3O. The number of hydrogen-bond acceptors (Lipinski definition) is 3. The molecule has 1 aliphatic carbocycles. The normalized spacial score (nSPS) is 26.2. The van der Waals surface area contributed by atoms with Gasteiger partial charge in [0.05, 0.1) is 6.54 Å². The van der Waals surface area contributed by atoms with E-state index in [1.54, 1.807) is 0 Å². The fourth-order valence-electron chi connectivity index (χ4n) is 4.31. The van der Waals surface area contributed by atoms with E-state index in [1.165, 1.54) is 31.2 Å². The van der Waals surface area contributed by atoms with Crippen molar-refractivity contribution in [2.45, 2.75) is 50.5 Å². The van der Waals surface area contributed by atoms with E-state index in [1.807, 2.05) is 6.07 Å². The first kappa shape index (κ1) is 17.4. The molecule has 2 fully saturated rings. The number of likely N-dealkylation sites (tertiary alicyclic amines) is 1. The van der Waals surface area contributed by atoms with Crippen molar-refractivity contribution in [3.05, 3.63) is 35.9 Å². The van der Waals surface area contributed by atoms with Crippen LogP contribution in [0.1, 0.15) is 50.0 Å². The second-order valence-corrected chi connectivity index (χ2v) is 7.46. The number of nitrogens with one attached hydrogen (secondary N) is 1. The molecule has 3 rings (SSSR count). The molecule has 24 heavy (non-hydrogen) atoms. The van der Waals surface area contributed by atoms with Crippen LogP contribution in [0, 0.1) is 5.92 Å². The summed E-state index contributed by atoms with van der Waals surface area (Å²) in [6.07, 6.45) is 7.42. The molecule has 0 spiro atoms. The molecule has 1 aromatic rings. The van der Waals surface area contributed by atoms with Gasteiger partial charge in [-0.1, -0.05) is 56.0 Å². The van der Waals surface area contributed by atoms with Gasteiger partial charge in [-0.25, -0.2) is 0 Å². The molecule has 1 saturated heterocycles. The summed E-state index contributed by atoms with van der Waals surface area (Å²) in [6, 6.07) is 11.0. The topological polar surface area (TPSA) is 58.4 Å². The van der Waals surface area contributed by atoms with Crippen LogP contribution in [0.4, 0.5) is 0 Å². The third-order valence-electron chi connectivity index (χ3n) is 5.63. The van der Waals surface area contributed by atoms with Gasteiger partial charge in [0.25, 0.3) is 0 Å². The van der Waals surface area contributed by atoms with Crippen molar-refractivity contribution in [3.8, 4) is 0 Å². The van der Waals surface area contributed by atoms with Crippen molar-refractivity contribution in [3.63, 3.8) is 0 Å². The first-order valence-corrected chi connectivity index (χ1v) is 9.53. The SMILES string of the molecule is NC[C@@H]1CN(CC(=O)NC2CCCCCC2)C[C@H]1c1ccccc1. The minimum Gasteiger partial charge on any atom is -0.352 e. The van der Waals surface area contributed by atoms with Gasteiger partial charge < -0.3 is 11.1 Å². The molecule has 0 radical (unpaired) electrons. The summed E-state index contributed by atoms with van der Waals surface area (Å²) in [7, 11) is 0. The Bertz CT molecular complexity index is 511. The van der Waals surface area contributed by atoms with Gasteiger partial charge in [0.2, 0.25) is 5.91 Å². The Balaban J connectivity index is 1.53. The predicted molar refractivity (Wildman–Crippen MR) is 97.8 cm³/mol. The third-order valence-corrected chi connectivity index (χ3v) is 5.63. The molecule has 3 N–H and O–H groups in total. The maximum Gasteiger partial charge on any atom is 0.234 e. The molecule has 4 heteroatoms. The van der Waals surface area contributed by atoms with Crippen molar-refractivity contribution in [1.29, 1.82) is 0 Å². The van der Waals surface area contributed by atoms with E-state index in [0.717, 1.165) is 25.9 Å². The average molecular weight is 329 g/mol. The molecule has 0 unspecified atom stereocenters. The predicted octanol–water partition coefficient (Wildman–Crippen LogP) is 2.50. The minimum atomic E-state index is 0.186. The first-order valence-electron chi connectivity index (χ1n) is 9.53. The quantitative estimate of drug-likeness (QED) is 0.816. The van der Waals surface area contributed by atoms with E-state index >= 15 is 0 Å². The summed E-state index contributed by atoms with van der Waals surface area (Å²) in [5, 5.41) is 3.26. The summed E-state index contributed by atoms with van der Waals surface area (Å²) in [6.45, 7) is 3.05. The van der Waals surface area contributed by atoms with Gasteiger partial charge >= 0.3 is 0 Å². The molecule has 1 amide bonds. The number of carbonyl (C=O) groups is 1. The summed E-state index contributed by atoms with van der Waals surface area (Å²) >= 11 is 0. The van der Waals surface area contributed by atoms with Crippen molar-refractivity contribution in [1.82, 2.24) is 10.2 Å². The highest BCUT2D eigenvalue weighted by Gasteiger charge is 2.33. The minimum absolute atomic E-state index is 0.186. The zero-order valence-corrected chi connectivity index (χ0v) is 14.6. The highest BCUT2D eigenvalue weighted by molar-refractivity contribution is 5.78. The number of nitrogens with two attached hydrogens (primary N) is 1. The van der Waals surface area contributed by atoms with Crippen LogP contribution >= 0.6 is 0 Å². The van der Waals surface area contributed by atoms with Crippen LogP contribution < -0.4 is 11.1 Å². The molecule has 2 aliphatic rings. The van der Waals surface area contributed by atoms with Crippen LogP contribution in [-0.2, 0) is 4.79 Å². The van der Waals surface area contributed by atoms with Gasteiger partial charge in [0.1, 0.15) is 0 Å². The molecular weight excluding hydrogens is 298 g/mol. The Morgan fingerprint density at radius 1 is 1.08 bits per heavy atom. The first-order chi connectivity index (χ1) is 11.8. The molecule has 0 bridgehead atoms. The Labute approximate surface area is 145 Å². The van der Waals surface area contributed by atoms with E-state index in [0.29, 0.717) is 31.0 Å². The van der Waals surface area contributed by atoms with Crippen molar-refractivity contribution < 1.29 is 4.79 Å². The molecule has 1 aliphatic heterocycles. The highest BCUT2D eigenvalue weighted by Crippen LogP contribution is 2.31. The van der Waals surface area contributed by atoms with Crippen LogP contribution in [0.5, 0.6) is 0 Å². The van der Waals surface area contributed by atoms with Crippen molar-refractivity contribution in [2.24, 2.45) is 11.7 Å². The fourth-order valence-corrected chi connectivity index (χ4v) is 4.31. The molecule has 0 aromatic heterocycles. The maximum absolute atomic E-state index is 12.4. The lowest BCUT2D eigenvalue weighted by Crippen LogP contribution is -2.41. The van der Waals surface area contributed by atoms with E-state index in [2.05, 4.69) is 34.5 Å². The number of rotatable bonds is 5. The van der Waals surface area contributed by atoms with Crippen molar-refractivity contribution in [2.75, 3.05) is 26.2 Å². The number of benzene rings is 1. The van der Waals surface area contributed by atoms with E-state index in [-0.39, 0.29) is 5.91 Å². The van der Waals surface area contributed by atoms with Crippen LogP contribution in [0.3, 0.4) is 0 Å². The highest BCUT2D eigenvalue weighted by atomic mass is 16.2. The standard InChI is InChI=1S/C20H31N3O/c21-12-17-13-23(14-19(17)16-8-4-3-5-9-16)15-20(24)22-18-10-6-1-2-7-11-18/h3-5,8-9,17-19H,1-2,6-7,10-15,21H2,(H,22,24)/t17-,19+/m1/s1. The van der Waals surface area contributed by atoms with Crippen LogP contribution in [-0.4, -0.2) is 43.0 Å². The lowest BCUT2D eigenvalue weighted by Gasteiger charge is -2.20. The molecule has 1 heterocycles. The van der Waals surface area contributed by atoms with E-state index in [4.69, 9.17) is 5.73 Å². The smallest absolute Gasteiger partial charge is 0.234 e. The van der Waals surface area contributed by atoms with Crippen LogP contribution in [0.2, 0.25) is 0 Å². The summed E-state index contributed by atoms with van der Waals surface area (Å²) in [5.41, 5.74) is 7.34. The van der Waals surface area contributed by atoms with Gasteiger partial charge in [-0.15, -0.1) is 0 Å². The molecule has 1 aromatic carbocycles. The number of carbonyl (C=O) groups excluding carboxylic acids is 1. The Kier molecular flexibility index (Phi) is 6.27. The lowest BCUT2D eigenvalue weighted by atomic mass is 9.89. The van der Waals surface area contributed by atoms with Gasteiger partial charge in [-0.05, 0) is 30.9 Å². The fraction of sp³-hybridized carbons (Fsp3) is 0.650. The monoisotopic (exact) mass is 329 g/mol. The summed E-state index contributed by atoms with van der Waals surface area (Å²) in [4.78, 5) is 14.7. The molecule has 2 atom stereocenters. The van der Waals surface area contributed by atoms with Gasteiger partial charge in [-0.3, -0.25) is 9.69 Å². The van der Waals surface area contributed by atoms with Crippen LogP contribution in [0.15, 0.2) is 30.3 Å².